The van der Waals surface area contributed by atoms with Crippen molar-refractivity contribution in [3.8, 4) is 33.9 Å². The van der Waals surface area contributed by atoms with Gasteiger partial charge in [0, 0.05) is 41.9 Å². The van der Waals surface area contributed by atoms with Crippen LogP contribution in [0.1, 0.15) is 32.6 Å². The molecule has 0 fully saturated rings. The molecule has 7 nitrogen and oxygen atoms in total. The molecule has 0 spiro atoms. The number of halogens is 3. The van der Waals surface area contributed by atoms with E-state index in [0.717, 1.165) is 51.3 Å². The second-order valence-corrected chi connectivity index (χ2v) is 11.5. The summed E-state index contributed by atoms with van der Waals surface area (Å²) in [4.78, 5) is 17.9. The van der Waals surface area contributed by atoms with Crippen molar-refractivity contribution in [3.05, 3.63) is 125 Å². The van der Waals surface area contributed by atoms with Gasteiger partial charge in [-0.25, -0.2) is 4.98 Å². The smallest absolute Gasteiger partial charge is 0.378 e. The summed E-state index contributed by atoms with van der Waals surface area (Å²) in [6.45, 7) is 6.90. The Kier molecular flexibility index (Phi) is 11.4. The molecule has 1 aromatic heterocycles. The fourth-order valence-corrected chi connectivity index (χ4v) is 5.24. The first kappa shape index (κ1) is 34.6. The lowest BCUT2D eigenvalue weighted by Gasteiger charge is -2.15. The van der Waals surface area contributed by atoms with E-state index in [4.69, 9.17) is 20.2 Å². The van der Waals surface area contributed by atoms with Crippen LogP contribution in [0.2, 0.25) is 0 Å². The average Bonchev–Trinajstić information content (AvgIpc) is 3.45. The van der Waals surface area contributed by atoms with Gasteiger partial charge in [0.25, 0.3) is 5.91 Å². The number of ether oxygens (including phenoxy) is 2. The predicted octanol–water partition coefficient (Wildman–Crippen LogP) is 7.29. The summed E-state index contributed by atoms with van der Waals surface area (Å²) in [5.41, 5.74) is 12.2. The van der Waals surface area contributed by atoms with E-state index in [-0.39, 0.29) is 5.91 Å². The quantitative estimate of drug-likeness (QED) is 0.123. The summed E-state index contributed by atoms with van der Waals surface area (Å²) >= 11 is 0. The Hall–Kier alpha value is -4.77. The van der Waals surface area contributed by atoms with Crippen LogP contribution >= 0.6 is 0 Å². The summed E-state index contributed by atoms with van der Waals surface area (Å²) in [5.74, 6) is 0.310. The van der Waals surface area contributed by atoms with Crippen molar-refractivity contribution in [2.75, 3.05) is 39.5 Å². The van der Waals surface area contributed by atoms with Crippen molar-refractivity contribution >= 4 is 5.91 Å². The third-order valence-electron chi connectivity index (χ3n) is 7.81. The van der Waals surface area contributed by atoms with Crippen molar-refractivity contribution in [1.82, 2.24) is 14.9 Å². The summed E-state index contributed by atoms with van der Waals surface area (Å²) in [6.07, 6.45) is -4.45. The maximum Gasteiger partial charge on any atom is 0.416 e. The molecule has 0 aliphatic heterocycles. The summed E-state index contributed by atoms with van der Waals surface area (Å²) in [6, 6.07) is 28.5. The first-order valence-electron chi connectivity index (χ1n) is 15.8. The molecular formula is C38H39F3N4O3. The highest BCUT2D eigenvalue weighted by Gasteiger charge is 2.30. The Labute approximate surface area is 278 Å². The molecule has 10 heteroatoms. The minimum atomic E-state index is -4.45. The van der Waals surface area contributed by atoms with Gasteiger partial charge >= 0.3 is 6.18 Å². The van der Waals surface area contributed by atoms with Crippen LogP contribution in [-0.4, -0.2) is 55.0 Å². The Morgan fingerprint density at radius 1 is 0.750 bits per heavy atom. The van der Waals surface area contributed by atoms with Gasteiger partial charge in [0.2, 0.25) is 0 Å². The molecule has 0 aliphatic carbocycles. The molecule has 1 amide bonds. The fourth-order valence-electron chi connectivity index (χ4n) is 5.24. The highest BCUT2D eigenvalue weighted by molar-refractivity contribution is 5.94. The van der Waals surface area contributed by atoms with Crippen LogP contribution in [-0.2, 0) is 22.2 Å². The Balaban J connectivity index is 1.46. The Morgan fingerprint density at radius 3 is 1.90 bits per heavy atom. The second-order valence-electron chi connectivity index (χ2n) is 11.5. The lowest BCUT2D eigenvalue weighted by Crippen LogP contribution is -2.27. The van der Waals surface area contributed by atoms with Crippen molar-refractivity contribution in [2.24, 2.45) is 5.73 Å². The molecule has 48 heavy (non-hydrogen) atoms. The van der Waals surface area contributed by atoms with E-state index in [1.165, 1.54) is 12.1 Å². The van der Waals surface area contributed by atoms with Crippen LogP contribution in [0.4, 0.5) is 13.2 Å². The van der Waals surface area contributed by atoms with Gasteiger partial charge in [0.15, 0.2) is 0 Å². The van der Waals surface area contributed by atoms with Gasteiger partial charge in [-0.15, -0.1) is 0 Å². The maximum atomic E-state index is 13.4. The Morgan fingerprint density at radius 2 is 1.31 bits per heavy atom. The van der Waals surface area contributed by atoms with Crippen LogP contribution in [0.15, 0.2) is 97.1 Å². The number of benzene rings is 4. The van der Waals surface area contributed by atoms with Gasteiger partial charge in [-0.05, 0) is 43.7 Å². The average molecular weight is 657 g/mol. The summed E-state index contributed by atoms with van der Waals surface area (Å²) in [7, 11) is 0. The van der Waals surface area contributed by atoms with Crippen molar-refractivity contribution in [3.63, 3.8) is 0 Å². The second kappa shape index (κ2) is 15.9. The number of amides is 1. The van der Waals surface area contributed by atoms with Crippen molar-refractivity contribution < 1.29 is 27.4 Å². The van der Waals surface area contributed by atoms with E-state index in [9.17, 15) is 18.0 Å². The van der Waals surface area contributed by atoms with Gasteiger partial charge in [0.05, 0.1) is 43.4 Å². The maximum absolute atomic E-state index is 13.4. The van der Waals surface area contributed by atoms with E-state index >= 15 is 0 Å². The molecule has 0 atom stereocenters. The molecule has 3 N–H and O–H groups in total. The molecule has 0 unspecified atom stereocenters. The van der Waals surface area contributed by atoms with E-state index in [1.807, 2.05) is 79.1 Å². The van der Waals surface area contributed by atoms with Crippen LogP contribution in [0.3, 0.4) is 0 Å². The minimum absolute atomic E-state index is 0.223. The van der Waals surface area contributed by atoms with Gasteiger partial charge in [-0.3, -0.25) is 4.79 Å². The van der Waals surface area contributed by atoms with Gasteiger partial charge in [-0.1, -0.05) is 83.9 Å². The van der Waals surface area contributed by atoms with Gasteiger partial charge in [-0.2, -0.15) is 13.2 Å². The third-order valence-corrected chi connectivity index (χ3v) is 7.81. The molecule has 5 aromatic rings. The zero-order chi connectivity index (χ0) is 34.1. The number of nitrogens with two attached hydrogens (primary N) is 1. The largest absolute Gasteiger partial charge is 0.416 e. The SMILES string of the molecule is Cc1ccc(-c2nc(-c3ccc(C(F)(F)F)cc3)n(Cc3ccc(C(=O)NCCOCCOCCN)cc3)c2-c2ccc(C)cc2)cc1. The minimum Gasteiger partial charge on any atom is -0.378 e. The van der Waals surface area contributed by atoms with E-state index in [0.29, 0.717) is 63.0 Å². The fraction of sp³-hybridized carbons (Fsp3) is 0.263. The number of alkyl halides is 3. The van der Waals surface area contributed by atoms with Gasteiger partial charge < -0.3 is 25.1 Å². The molecular weight excluding hydrogens is 617 g/mol. The first-order chi connectivity index (χ1) is 23.1. The summed E-state index contributed by atoms with van der Waals surface area (Å²) in [5, 5.41) is 2.86. The number of imidazole rings is 1. The van der Waals surface area contributed by atoms with Gasteiger partial charge in [0.1, 0.15) is 5.82 Å². The topological polar surface area (TPSA) is 91.4 Å². The highest BCUT2D eigenvalue weighted by atomic mass is 19.4. The molecule has 4 aromatic carbocycles. The normalized spacial score (nSPS) is 11.5. The highest BCUT2D eigenvalue weighted by Crippen LogP contribution is 2.38. The number of nitrogens with zero attached hydrogens (tertiary/aromatic N) is 2. The molecule has 0 bridgehead atoms. The molecule has 1 heterocycles. The standard InChI is InChI=1S/C38H39F3N4O3/c1-26-3-9-29(10-4-26)34-35(30-11-5-27(2)6-12-30)45(36(44-34)31-15-17-33(18-16-31)38(39,40)41)25-28-7-13-32(14-8-28)37(46)43-20-22-48-24-23-47-21-19-42/h3-18H,19-25,42H2,1-2H3,(H,43,46). The number of carbonyl (C=O) groups is 1. The molecule has 0 saturated carbocycles. The van der Waals surface area contributed by atoms with Crippen LogP contribution < -0.4 is 11.1 Å². The molecule has 0 radical (unpaired) electrons. The summed E-state index contributed by atoms with van der Waals surface area (Å²) < 4.78 is 53.1. The molecule has 5 rings (SSSR count). The molecule has 250 valence electrons. The van der Waals surface area contributed by atoms with Crippen LogP contribution in [0.5, 0.6) is 0 Å². The lowest BCUT2D eigenvalue weighted by atomic mass is 10.0. The van der Waals surface area contributed by atoms with Crippen molar-refractivity contribution in [2.45, 2.75) is 26.6 Å². The van der Waals surface area contributed by atoms with Crippen LogP contribution in [0.25, 0.3) is 33.9 Å². The first-order valence-corrected chi connectivity index (χ1v) is 15.8. The van der Waals surface area contributed by atoms with Crippen molar-refractivity contribution in [1.29, 1.82) is 0 Å². The number of carbonyl (C=O) groups excluding carboxylic acids is 1. The number of nitrogens with one attached hydrogen (secondary N) is 1. The lowest BCUT2D eigenvalue weighted by molar-refractivity contribution is -0.137. The number of hydrogen-bond acceptors (Lipinski definition) is 5. The monoisotopic (exact) mass is 656 g/mol. The number of aryl methyl sites for hydroxylation is 2. The zero-order valence-corrected chi connectivity index (χ0v) is 27.0. The number of rotatable bonds is 14. The third kappa shape index (κ3) is 8.77. The predicted molar refractivity (Wildman–Crippen MR) is 182 cm³/mol. The van der Waals surface area contributed by atoms with E-state index in [1.54, 1.807) is 12.1 Å². The van der Waals surface area contributed by atoms with Crippen LogP contribution in [0, 0.1) is 13.8 Å². The molecule has 0 aliphatic rings. The van der Waals surface area contributed by atoms with E-state index in [2.05, 4.69) is 5.32 Å². The zero-order valence-electron chi connectivity index (χ0n) is 27.0. The molecule has 0 saturated heterocycles. The number of aromatic nitrogens is 2. The van der Waals surface area contributed by atoms with E-state index < -0.39 is 11.7 Å². The number of hydrogen-bond donors (Lipinski definition) is 2. The Bertz CT molecular complexity index is 1780.